The van der Waals surface area contributed by atoms with Gasteiger partial charge in [-0.2, -0.15) is 0 Å². The van der Waals surface area contributed by atoms with Gasteiger partial charge in [0.05, 0.1) is 16.9 Å². The molecule has 0 aliphatic carbocycles. The zero-order valence-corrected chi connectivity index (χ0v) is 21.3. The lowest BCUT2D eigenvalue weighted by atomic mass is 10.0. The molecular formula is C26H30ClN3O3S. The van der Waals surface area contributed by atoms with Crippen molar-refractivity contribution in [3.05, 3.63) is 64.7 Å². The topological polar surface area (TPSA) is 63.6 Å². The molecule has 1 N–H and O–H groups in total. The molecule has 0 saturated heterocycles. The number of benzene rings is 2. The van der Waals surface area contributed by atoms with Crippen molar-refractivity contribution in [1.82, 2.24) is 14.8 Å². The number of rotatable bonds is 8. The normalized spacial score (nSPS) is 16.1. The highest BCUT2D eigenvalue weighted by atomic mass is 35.5. The highest BCUT2D eigenvalue weighted by Gasteiger charge is 2.39. The van der Waals surface area contributed by atoms with E-state index in [4.69, 9.17) is 16.3 Å². The number of carbonyl (C=O) groups is 2. The second-order valence-electron chi connectivity index (χ2n) is 8.66. The Balaban J connectivity index is 1.72. The summed E-state index contributed by atoms with van der Waals surface area (Å²) < 4.78 is 7.68. The Morgan fingerprint density at radius 3 is 2.71 bits per heavy atom. The maximum atomic E-state index is 13.7. The molecule has 0 saturated carbocycles. The molecule has 1 aromatic heterocycles. The molecule has 0 radical (unpaired) electrons. The minimum Gasteiger partial charge on any atom is -0.379 e. The van der Waals surface area contributed by atoms with Crippen LogP contribution in [0.25, 0.3) is 10.9 Å². The third-order valence-corrected chi connectivity index (χ3v) is 7.47. The molecule has 34 heavy (non-hydrogen) atoms. The summed E-state index contributed by atoms with van der Waals surface area (Å²) in [4.78, 5) is 28.7. The molecule has 180 valence electrons. The molecule has 1 aliphatic heterocycles. The van der Waals surface area contributed by atoms with Crippen LogP contribution in [0.15, 0.2) is 53.6 Å². The number of hydrogen-bond acceptors (Lipinski definition) is 4. The number of nitrogens with zero attached hydrogens (tertiary/aromatic N) is 2. The SMILES string of the molecule is CC(C)OCCCNC(=O)C1c2c(n(C)c3ccccc23)SCC(=O)N1Cc1ccccc1Cl. The van der Waals surface area contributed by atoms with E-state index in [2.05, 4.69) is 9.88 Å². The van der Waals surface area contributed by atoms with Crippen molar-refractivity contribution in [1.29, 1.82) is 0 Å². The smallest absolute Gasteiger partial charge is 0.247 e. The van der Waals surface area contributed by atoms with Crippen LogP contribution in [-0.2, 0) is 27.9 Å². The van der Waals surface area contributed by atoms with Gasteiger partial charge in [-0.25, -0.2) is 0 Å². The third-order valence-electron chi connectivity index (χ3n) is 5.95. The first-order valence-corrected chi connectivity index (χ1v) is 12.9. The average Bonchev–Trinajstić information content (AvgIpc) is 3.00. The van der Waals surface area contributed by atoms with Crippen molar-refractivity contribution in [3.8, 4) is 0 Å². The van der Waals surface area contributed by atoms with Gasteiger partial charge >= 0.3 is 0 Å². The number of halogens is 1. The van der Waals surface area contributed by atoms with E-state index in [0.29, 0.717) is 24.6 Å². The quantitative estimate of drug-likeness (QED) is 0.446. The van der Waals surface area contributed by atoms with Crippen LogP contribution in [0.3, 0.4) is 0 Å². The summed E-state index contributed by atoms with van der Waals surface area (Å²) in [5.41, 5.74) is 2.72. The highest BCUT2D eigenvalue weighted by Crippen LogP contribution is 2.42. The minimum atomic E-state index is -0.758. The van der Waals surface area contributed by atoms with Gasteiger partial charge in [0.1, 0.15) is 6.04 Å². The van der Waals surface area contributed by atoms with Gasteiger partial charge in [0.25, 0.3) is 0 Å². The fraction of sp³-hybridized carbons (Fsp3) is 0.385. The number of amides is 2. The molecule has 2 heterocycles. The number of carbonyl (C=O) groups excluding carboxylic acids is 2. The van der Waals surface area contributed by atoms with Crippen molar-refractivity contribution in [2.45, 2.75) is 44.0 Å². The Morgan fingerprint density at radius 2 is 1.94 bits per heavy atom. The lowest BCUT2D eigenvalue weighted by Crippen LogP contribution is -2.43. The Morgan fingerprint density at radius 1 is 1.21 bits per heavy atom. The largest absolute Gasteiger partial charge is 0.379 e. The molecule has 2 amide bonds. The van der Waals surface area contributed by atoms with Crippen LogP contribution in [0.4, 0.5) is 0 Å². The summed E-state index contributed by atoms with van der Waals surface area (Å²) in [5.74, 6) is -0.0216. The highest BCUT2D eigenvalue weighted by molar-refractivity contribution is 8.00. The van der Waals surface area contributed by atoms with E-state index < -0.39 is 6.04 Å². The van der Waals surface area contributed by atoms with Crippen molar-refractivity contribution in [3.63, 3.8) is 0 Å². The van der Waals surface area contributed by atoms with Crippen LogP contribution in [0.5, 0.6) is 0 Å². The number of aromatic nitrogens is 1. The van der Waals surface area contributed by atoms with E-state index in [1.807, 2.05) is 63.4 Å². The van der Waals surface area contributed by atoms with Crippen molar-refractivity contribution in [2.75, 3.05) is 18.9 Å². The molecule has 1 aliphatic rings. The summed E-state index contributed by atoms with van der Waals surface area (Å²) in [6, 6.07) is 14.7. The molecular weight excluding hydrogens is 470 g/mol. The van der Waals surface area contributed by atoms with Gasteiger partial charge in [0.2, 0.25) is 11.8 Å². The Bertz CT molecular complexity index is 1190. The molecule has 3 aromatic rings. The number of nitrogens with one attached hydrogen (secondary N) is 1. The summed E-state index contributed by atoms with van der Waals surface area (Å²) >= 11 is 7.92. The van der Waals surface area contributed by atoms with E-state index >= 15 is 0 Å². The molecule has 1 unspecified atom stereocenters. The maximum absolute atomic E-state index is 13.7. The first-order chi connectivity index (χ1) is 16.4. The number of para-hydroxylation sites is 1. The predicted octanol–water partition coefficient (Wildman–Crippen LogP) is 4.94. The van der Waals surface area contributed by atoms with Gasteiger partial charge in [-0.1, -0.05) is 59.8 Å². The van der Waals surface area contributed by atoms with Crippen LogP contribution in [0.2, 0.25) is 5.02 Å². The van der Waals surface area contributed by atoms with Gasteiger partial charge in [-0.3, -0.25) is 9.59 Å². The Hall–Kier alpha value is -2.48. The number of hydrogen-bond donors (Lipinski definition) is 1. The van der Waals surface area contributed by atoms with Gasteiger partial charge < -0.3 is 19.5 Å². The standard InChI is InChI=1S/C26H30ClN3O3S/c1-17(2)33-14-8-13-28-25(32)24-23-19-10-5-7-12-21(19)29(3)26(23)34-16-22(31)30(24)15-18-9-4-6-11-20(18)27/h4-7,9-12,17,24H,8,13-16H2,1-3H3,(H,28,32). The second kappa shape index (κ2) is 10.8. The zero-order valence-electron chi connectivity index (χ0n) is 19.7. The van der Waals surface area contributed by atoms with Crippen molar-refractivity contribution in [2.24, 2.45) is 7.05 Å². The second-order valence-corrected chi connectivity index (χ2v) is 10.0. The molecule has 4 rings (SSSR count). The molecule has 0 bridgehead atoms. The minimum absolute atomic E-state index is 0.0894. The van der Waals surface area contributed by atoms with E-state index in [0.717, 1.165) is 27.1 Å². The molecule has 6 nitrogen and oxygen atoms in total. The van der Waals surface area contributed by atoms with Crippen LogP contribution < -0.4 is 5.32 Å². The van der Waals surface area contributed by atoms with Crippen LogP contribution in [0.1, 0.15) is 37.4 Å². The van der Waals surface area contributed by atoms with Crippen LogP contribution >= 0.6 is 23.4 Å². The summed E-state index contributed by atoms with van der Waals surface area (Å²) in [6.45, 7) is 5.28. The van der Waals surface area contributed by atoms with Crippen LogP contribution in [0, 0.1) is 0 Å². The summed E-state index contributed by atoms with van der Waals surface area (Å²) in [5, 5.41) is 5.56. The number of fused-ring (bicyclic) bond motifs is 3. The predicted molar refractivity (Wildman–Crippen MR) is 137 cm³/mol. The van der Waals surface area contributed by atoms with Crippen LogP contribution in [-0.4, -0.2) is 46.3 Å². The third kappa shape index (κ3) is 5.11. The lowest BCUT2D eigenvalue weighted by molar-refractivity contribution is -0.139. The van der Waals surface area contributed by atoms with Gasteiger partial charge in [0, 0.05) is 48.2 Å². The van der Waals surface area contributed by atoms with Crippen molar-refractivity contribution < 1.29 is 14.3 Å². The Kier molecular flexibility index (Phi) is 7.86. The molecule has 0 spiro atoms. The first kappa shape index (κ1) is 24.6. The summed E-state index contributed by atoms with van der Waals surface area (Å²) in [7, 11) is 1.99. The van der Waals surface area contributed by atoms with Gasteiger partial charge in [0.15, 0.2) is 0 Å². The maximum Gasteiger partial charge on any atom is 0.247 e. The van der Waals surface area contributed by atoms with E-state index in [1.54, 1.807) is 11.0 Å². The fourth-order valence-corrected chi connectivity index (χ4v) is 5.60. The fourth-order valence-electron chi connectivity index (χ4n) is 4.31. The molecule has 0 fully saturated rings. The zero-order chi connectivity index (χ0) is 24.2. The first-order valence-electron chi connectivity index (χ1n) is 11.5. The molecule has 1 atom stereocenters. The van der Waals surface area contributed by atoms with E-state index in [9.17, 15) is 9.59 Å². The van der Waals surface area contributed by atoms with E-state index in [-0.39, 0.29) is 30.2 Å². The molecule has 8 heteroatoms. The number of thioether (sulfide) groups is 1. The monoisotopic (exact) mass is 499 g/mol. The Labute approximate surface area is 209 Å². The molecule has 2 aromatic carbocycles. The van der Waals surface area contributed by atoms with Crippen molar-refractivity contribution >= 4 is 46.1 Å². The summed E-state index contributed by atoms with van der Waals surface area (Å²) in [6.07, 6.45) is 0.850. The van der Waals surface area contributed by atoms with E-state index in [1.165, 1.54) is 11.8 Å². The number of aryl methyl sites for hydroxylation is 1. The van der Waals surface area contributed by atoms with Gasteiger partial charge in [-0.15, -0.1) is 0 Å². The average molecular weight is 500 g/mol. The number of ether oxygens (including phenoxy) is 1. The van der Waals surface area contributed by atoms with Gasteiger partial charge in [-0.05, 0) is 38.0 Å². The lowest BCUT2D eigenvalue weighted by Gasteiger charge is -2.30.